The van der Waals surface area contributed by atoms with Crippen molar-refractivity contribution < 1.29 is 13.2 Å². The Morgan fingerprint density at radius 2 is 1.88 bits per heavy atom. The lowest BCUT2D eigenvalue weighted by molar-refractivity contribution is 0.306. The predicted octanol–water partition coefficient (Wildman–Crippen LogP) is 1.93. The molecule has 0 unspecified atom stereocenters. The second-order valence-corrected chi connectivity index (χ2v) is 6.93. The van der Waals surface area contributed by atoms with Crippen molar-refractivity contribution >= 4 is 21.7 Å². The van der Waals surface area contributed by atoms with E-state index in [1.165, 1.54) is 12.1 Å². The Balaban J connectivity index is 1.87. The lowest BCUT2D eigenvalue weighted by atomic mass is 10.3. The number of rotatable bonds is 9. The fourth-order valence-electron chi connectivity index (χ4n) is 2.03. The minimum Gasteiger partial charge on any atom is -0.493 e. The summed E-state index contributed by atoms with van der Waals surface area (Å²) in [5.74, 6) is 0.417. The molecular weight excluding hydrogens is 340 g/mol. The van der Waals surface area contributed by atoms with Gasteiger partial charge >= 0.3 is 0 Å². The highest BCUT2D eigenvalue weighted by atomic mass is 32.2. The molecular formula is C17H21N4O3S. The molecule has 0 spiro atoms. The number of hydrogen-bond donors (Lipinski definition) is 4. The molecule has 0 amide bonds. The van der Waals surface area contributed by atoms with Gasteiger partial charge < -0.3 is 15.8 Å². The van der Waals surface area contributed by atoms with Crippen LogP contribution in [0.15, 0.2) is 53.4 Å². The zero-order valence-electron chi connectivity index (χ0n) is 13.7. The summed E-state index contributed by atoms with van der Waals surface area (Å²) in [6.45, 7) is 1.07. The second kappa shape index (κ2) is 8.93. The van der Waals surface area contributed by atoms with Gasteiger partial charge in [-0.25, -0.2) is 8.42 Å². The van der Waals surface area contributed by atoms with Crippen molar-refractivity contribution in [3.8, 4) is 5.75 Å². The molecule has 8 heteroatoms. The van der Waals surface area contributed by atoms with Gasteiger partial charge in [0.25, 0.3) is 10.0 Å². The van der Waals surface area contributed by atoms with Crippen LogP contribution < -0.4 is 20.5 Å². The van der Waals surface area contributed by atoms with Crippen molar-refractivity contribution in [2.75, 3.05) is 17.9 Å². The van der Waals surface area contributed by atoms with Gasteiger partial charge in [0.2, 0.25) is 0 Å². The third-order valence-corrected chi connectivity index (χ3v) is 4.59. The number of guanidine groups is 1. The Labute approximate surface area is 147 Å². The van der Waals surface area contributed by atoms with Gasteiger partial charge in [-0.2, -0.15) is 0 Å². The smallest absolute Gasteiger partial charge is 0.261 e. The lowest BCUT2D eigenvalue weighted by Gasteiger charge is -2.10. The third kappa shape index (κ3) is 6.34. The van der Waals surface area contributed by atoms with E-state index < -0.39 is 10.0 Å². The first-order valence-corrected chi connectivity index (χ1v) is 9.26. The number of hydrogen-bond acceptors (Lipinski definition) is 4. The van der Waals surface area contributed by atoms with Crippen molar-refractivity contribution in [2.45, 2.75) is 17.7 Å². The fraction of sp³-hybridized carbons (Fsp3) is 0.235. The van der Waals surface area contributed by atoms with Crippen molar-refractivity contribution in [1.29, 1.82) is 5.41 Å². The predicted molar refractivity (Wildman–Crippen MR) is 97.2 cm³/mol. The maximum absolute atomic E-state index is 12.3. The van der Waals surface area contributed by atoms with E-state index in [9.17, 15) is 8.42 Å². The maximum atomic E-state index is 12.3. The SMILES string of the molecule is N=C(N)NCCCCOc1[c]c(NS(=O)(=O)c2ccccc2)ccc1. The van der Waals surface area contributed by atoms with Gasteiger partial charge in [0.15, 0.2) is 5.96 Å². The molecule has 0 aromatic heterocycles. The number of unbranched alkanes of at least 4 members (excludes halogenated alkanes) is 1. The van der Waals surface area contributed by atoms with Gasteiger partial charge in [-0.3, -0.25) is 10.1 Å². The van der Waals surface area contributed by atoms with Crippen LogP contribution in [0.1, 0.15) is 12.8 Å². The molecule has 0 bridgehead atoms. The van der Waals surface area contributed by atoms with Crippen LogP contribution in [0.5, 0.6) is 5.75 Å². The van der Waals surface area contributed by atoms with E-state index in [0.29, 0.717) is 24.6 Å². The first-order valence-electron chi connectivity index (χ1n) is 7.78. The molecule has 1 radical (unpaired) electrons. The standard InChI is InChI=1S/C17H21N4O3S/c18-17(19)20-11-4-5-12-24-15-8-6-7-14(13-15)21-25(22,23)16-9-2-1-3-10-16/h1-3,6-10,21H,4-5,11-12H2,(H4,18,19,20). The molecule has 0 aliphatic rings. The van der Waals surface area contributed by atoms with Gasteiger partial charge in [-0.15, -0.1) is 0 Å². The van der Waals surface area contributed by atoms with E-state index in [2.05, 4.69) is 16.1 Å². The molecule has 7 nitrogen and oxygen atoms in total. The van der Waals surface area contributed by atoms with Gasteiger partial charge in [-0.05, 0) is 37.1 Å². The molecule has 0 saturated heterocycles. The van der Waals surface area contributed by atoms with Crippen LogP contribution in [0.25, 0.3) is 0 Å². The second-order valence-electron chi connectivity index (χ2n) is 5.24. The minimum absolute atomic E-state index is 0.0485. The Hall–Kier alpha value is -2.74. The summed E-state index contributed by atoms with van der Waals surface area (Å²) in [6.07, 6.45) is 1.58. The third-order valence-electron chi connectivity index (χ3n) is 3.21. The molecule has 0 saturated carbocycles. The fourth-order valence-corrected chi connectivity index (χ4v) is 3.07. The molecule has 0 aliphatic heterocycles. The summed E-state index contributed by atoms with van der Waals surface area (Å²) in [4.78, 5) is 0.188. The van der Waals surface area contributed by atoms with Crippen molar-refractivity contribution in [3.63, 3.8) is 0 Å². The number of anilines is 1. The summed E-state index contributed by atoms with van der Waals surface area (Å²) in [5.41, 5.74) is 5.51. The Morgan fingerprint density at radius 1 is 1.12 bits per heavy atom. The van der Waals surface area contributed by atoms with E-state index >= 15 is 0 Å². The van der Waals surface area contributed by atoms with E-state index in [-0.39, 0.29) is 10.9 Å². The largest absolute Gasteiger partial charge is 0.493 e. The van der Waals surface area contributed by atoms with Gasteiger partial charge in [0.1, 0.15) is 5.75 Å². The summed E-state index contributed by atoms with van der Waals surface area (Å²) in [6, 6.07) is 16.1. The summed E-state index contributed by atoms with van der Waals surface area (Å²) >= 11 is 0. The first-order chi connectivity index (χ1) is 12.0. The van der Waals surface area contributed by atoms with Crippen LogP contribution in [-0.2, 0) is 10.0 Å². The van der Waals surface area contributed by atoms with Gasteiger partial charge in [0, 0.05) is 6.54 Å². The zero-order valence-corrected chi connectivity index (χ0v) is 14.5. The first kappa shape index (κ1) is 18.6. The van der Waals surface area contributed by atoms with E-state index in [1.54, 1.807) is 36.4 Å². The molecule has 5 N–H and O–H groups in total. The Kier molecular flexibility index (Phi) is 6.64. The molecule has 0 atom stereocenters. The van der Waals surface area contributed by atoms with E-state index in [1.807, 2.05) is 0 Å². The van der Waals surface area contributed by atoms with Crippen molar-refractivity contribution in [1.82, 2.24) is 5.32 Å². The highest BCUT2D eigenvalue weighted by molar-refractivity contribution is 7.92. The minimum atomic E-state index is -3.65. The molecule has 2 aromatic carbocycles. The Morgan fingerprint density at radius 3 is 2.60 bits per heavy atom. The van der Waals surface area contributed by atoms with Gasteiger partial charge in [-0.1, -0.05) is 24.3 Å². The number of nitrogens with two attached hydrogens (primary N) is 1. The molecule has 133 valence electrons. The molecule has 2 rings (SSSR count). The number of sulfonamides is 1. The number of benzene rings is 2. The molecule has 25 heavy (non-hydrogen) atoms. The summed E-state index contributed by atoms with van der Waals surface area (Å²) < 4.78 is 32.6. The van der Waals surface area contributed by atoms with E-state index in [4.69, 9.17) is 15.9 Å². The van der Waals surface area contributed by atoms with Gasteiger partial charge in [0.05, 0.1) is 23.3 Å². The van der Waals surface area contributed by atoms with Crippen LogP contribution in [0.3, 0.4) is 0 Å². The van der Waals surface area contributed by atoms with Crippen molar-refractivity contribution in [2.24, 2.45) is 5.73 Å². The molecule has 0 aliphatic carbocycles. The molecule has 2 aromatic rings. The number of nitrogens with one attached hydrogen (secondary N) is 3. The van der Waals surface area contributed by atoms with E-state index in [0.717, 1.165) is 12.8 Å². The maximum Gasteiger partial charge on any atom is 0.261 e. The Bertz CT molecular complexity index is 795. The normalized spacial score (nSPS) is 10.9. The average Bonchev–Trinajstić information content (AvgIpc) is 2.58. The zero-order chi connectivity index (χ0) is 18.1. The summed E-state index contributed by atoms with van der Waals surface area (Å²) in [5, 5.41) is 9.76. The average molecular weight is 361 g/mol. The van der Waals surface area contributed by atoms with Crippen LogP contribution in [-0.4, -0.2) is 27.5 Å². The summed E-state index contributed by atoms with van der Waals surface area (Å²) in [7, 11) is -3.65. The molecule has 0 fully saturated rings. The monoisotopic (exact) mass is 361 g/mol. The quantitative estimate of drug-likeness (QED) is 0.309. The topological polar surface area (TPSA) is 117 Å². The van der Waals surface area contributed by atoms with Crippen molar-refractivity contribution in [3.05, 3.63) is 54.6 Å². The number of ether oxygens (including phenoxy) is 1. The molecule has 0 heterocycles. The highest BCUT2D eigenvalue weighted by Gasteiger charge is 2.13. The highest BCUT2D eigenvalue weighted by Crippen LogP contribution is 2.20. The van der Waals surface area contributed by atoms with Crippen LogP contribution in [0, 0.1) is 11.5 Å². The lowest BCUT2D eigenvalue weighted by Crippen LogP contribution is -2.31. The van der Waals surface area contributed by atoms with Crippen LogP contribution in [0.2, 0.25) is 0 Å². The van der Waals surface area contributed by atoms with Crippen LogP contribution >= 0.6 is 0 Å². The van der Waals surface area contributed by atoms with Crippen LogP contribution in [0.4, 0.5) is 5.69 Å².